The SMILES string of the molecule is CC(=O)C(=C(O)c1ccc(F)cc1)[C@H]1c2ccccc2Oc2ccc(F)cc21. The first-order valence-corrected chi connectivity index (χ1v) is 8.72. The molecule has 1 N–H and O–H groups in total. The Hall–Kier alpha value is -3.47. The normalized spacial score (nSPS) is 15.8. The summed E-state index contributed by atoms with van der Waals surface area (Å²) >= 11 is 0. The summed E-state index contributed by atoms with van der Waals surface area (Å²) in [6, 6.07) is 16.4. The third-order valence-corrected chi connectivity index (χ3v) is 4.77. The fraction of sp³-hybridized carbons (Fsp3) is 0.0870. The maximum absolute atomic E-state index is 14.0. The molecule has 0 radical (unpaired) electrons. The van der Waals surface area contributed by atoms with Crippen LogP contribution in [0.15, 0.2) is 72.3 Å². The van der Waals surface area contributed by atoms with Crippen LogP contribution in [0.3, 0.4) is 0 Å². The van der Waals surface area contributed by atoms with Gasteiger partial charge >= 0.3 is 0 Å². The number of hydrogen-bond donors (Lipinski definition) is 1. The average molecular weight is 378 g/mol. The molecule has 1 aliphatic heterocycles. The zero-order chi connectivity index (χ0) is 19.8. The summed E-state index contributed by atoms with van der Waals surface area (Å²) in [7, 11) is 0. The molecule has 3 aromatic carbocycles. The van der Waals surface area contributed by atoms with Crippen molar-refractivity contribution in [3.05, 3.63) is 101 Å². The van der Waals surface area contributed by atoms with Crippen LogP contribution in [-0.2, 0) is 4.79 Å². The van der Waals surface area contributed by atoms with Crippen LogP contribution >= 0.6 is 0 Å². The van der Waals surface area contributed by atoms with E-state index in [1.54, 1.807) is 24.3 Å². The van der Waals surface area contributed by atoms with Crippen molar-refractivity contribution < 1.29 is 23.4 Å². The third-order valence-electron chi connectivity index (χ3n) is 4.77. The Kier molecular flexibility index (Phi) is 4.43. The molecular formula is C23H16F2O3. The highest BCUT2D eigenvalue weighted by atomic mass is 19.1. The second-order valence-electron chi connectivity index (χ2n) is 6.58. The molecule has 5 heteroatoms. The second kappa shape index (κ2) is 6.93. The lowest BCUT2D eigenvalue weighted by Gasteiger charge is -2.29. The van der Waals surface area contributed by atoms with Gasteiger partial charge in [0.05, 0.1) is 0 Å². The maximum atomic E-state index is 14.0. The van der Waals surface area contributed by atoms with Gasteiger partial charge in [0.1, 0.15) is 28.9 Å². The highest BCUT2D eigenvalue weighted by Crippen LogP contribution is 2.48. The highest BCUT2D eigenvalue weighted by Gasteiger charge is 2.34. The van der Waals surface area contributed by atoms with Crippen LogP contribution in [0.5, 0.6) is 11.5 Å². The molecule has 28 heavy (non-hydrogen) atoms. The first kappa shape index (κ1) is 17.9. The maximum Gasteiger partial charge on any atom is 0.160 e. The summed E-state index contributed by atoms with van der Waals surface area (Å²) in [4.78, 5) is 12.6. The Balaban J connectivity index is 1.99. The number of carbonyl (C=O) groups excluding carboxylic acids is 1. The Morgan fingerprint density at radius 2 is 1.54 bits per heavy atom. The van der Waals surface area contributed by atoms with Crippen molar-refractivity contribution in [3.8, 4) is 11.5 Å². The summed E-state index contributed by atoms with van der Waals surface area (Å²) in [6.45, 7) is 1.34. The fourth-order valence-electron chi connectivity index (χ4n) is 3.52. The standard InChI is InChI=1S/C23H16F2O3/c1-13(26)21(23(27)14-6-8-15(24)9-7-14)22-17-4-2-3-5-19(17)28-20-11-10-16(25)12-18(20)22/h2-12,22,27H,1H3/t22-/m0/s1. The molecule has 140 valence electrons. The van der Waals surface area contributed by atoms with E-state index >= 15 is 0 Å². The van der Waals surface area contributed by atoms with Gasteiger partial charge in [0.2, 0.25) is 0 Å². The monoisotopic (exact) mass is 378 g/mol. The molecule has 0 saturated carbocycles. The average Bonchev–Trinajstić information content (AvgIpc) is 2.68. The van der Waals surface area contributed by atoms with E-state index in [4.69, 9.17) is 4.74 Å². The van der Waals surface area contributed by atoms with Crippen LogP contribution in [0, 0.1) is 11.6 Å². The minimum absolute atomic E-state index is 0.0919. The van der Waals surface area contributed by atoms with Crippen molar-refractivity contribution in [2.45, 2.75) is 12.8 Å². The Bertz CT molecular complexity index is 1100. The van der Waals surface area contributed by atoms with Crippen molar-refractivity contribution >= 4 is 11.5 Å². The summed E-state index contributed by atoms with van der Waals surface area (Å²) in [5, 5.41) is 10.9. The van der Waals surface area contributed by atoms with Crippen LogP contribution in [0.2, 0.25) is 0 Å². The molecule has 0 aromatic heterocycles. The minimum atomic E-state index is -0.724. The quantitative estimate of drug-likeness (QED) is 0.465. The number of para-hydroxylation sites is 1. The van der Waals surface area contributed by atoms with Gasteiger partial charge in [0.25, 0.3) is 0 Å². The molecule has 1 atom stereocenters. The molecule has 0 spiro atoms. The van der Waals surface area contributed by atoms with E-state index in [9.17, 15) is 18.7 Å². The van der Waals surface area contributed by atoms with Gasteiger partial charge in [-0.15, -0.1) is 0 Å². The van der Waals surface area contributed by atoms with Crippen molar-refractivity contribution in [1.29, 1.82) is 0 Å². The molecule has 0 unspecified atom stereocenters. The zero-order valence-corrected chi connectivity index (χ0v) is 14.9. The summed E-state index contributed by atoms with van der Waals surface area (Å²) in [6.07, 6.45) is 0. The number of benzene rings is 3. The van der Waals surface area contributed by atoms with Gasteiger partial charge in [-0.05, 0) is 55.5 Å². The number of ether oxygens (including phenoxy) is 1. The molecule has 0 saturated heterocycles. The van der Waals surface area contributed by atoms with Gasteiger partial charge in [0.15, 0.2) is 5.78 Å². The Morgan fingerprint density at radius 3 is 2.25 bits per heavy atom. The third kappa shape index (κ3) is 3.05. The van der Waals surface area contributed by atoms with Crippen LogP contribution in [0.25, 0.3) is 5.76 Å². The van der Waals surface area contributed by atoms with Crippen LogP contribution < -0.4 is 4.74 Å². The lowest BCUT2D eigenvalue weighted by Crippen LogP contribution is -2.18. The van der Waals surface area contributed by atoms with Crippen molar-refractivity contribution in [2.24, 2.45) is 0 Å². The molecule has 3 aromatic rings. The van der Waals surface area contributed by atoms with Gasteiger partial charge in [-0.1, -0.05) is 18.2 Å². The summed E-state index contributed by atoms with van der Waals surface area (Å²) in [5.74, 6) is -1.37. The summed E-state index contributed by atoms with van der Waals surface area (Å²) in [5.41, 5.74) is 1.47. The molecular weight excluding hydrogens is 362 g/mol. The molecule has 0 amide bonds. The molecule has 1 aliphatic rings. The number of Topliss-reactive ketones (excluding diaryl/α,β-unsaturated/α-hetero) is 1. The van der Waals surface area contributed by atoms with E-state index in [-0.39, 0.29) is 17.1 Å². The topological polar surface area (TPSA) is 46.5 Å². The van der Waals surface area contributed by atoms with Crippen LogP contribution in [0.4, 0.5) is 8.78 Å². The number of hydrogen-bond acceptors (Lipinski definition) is 3. The van der Waals surface area contributed by atoms with Crippen molar-refractivity contribution in [3.63, 3.8) is 0 Å². The Morgan fingerprint density at radius 1 is 0.893 bits per heavy atom. The minimum Gasteiger partial charge on any atom is -0.507 e. The van der Waals surface area contributed by atoms with E-state index in [2.05, 4.69) is 0 Å². The van der Waals surface area contributed by atoms with Gasteiger partial charge in [-0.2, -0.15) is 0 Å². The molecule has 0 aliphatic carbocycles. The van der Waals surface area contributed by atoms with Crippen molar-refractivity contribution in [1.82, 2.24) is 0 Å². The molecule has 0 bridgehead atoms. The van der Waals surface area contributed by atoms with E-state index in [1.165, 1.54) is 49.4 Å². The fourth-order valence-corrected chi connectivity index (χ4v) is 3.52. The number of aliphatic hydroxyl groups is 1. The zero-order valence-electron chi connectivity index (χ0n) is 14.9. The van der Waals surface area contributed by atoms with Crippen molar-refractivity contribution in [2.75, 3.05) is 0 Å². The highest BCUT2D eigenvalue weighted by molar-refractivity contribution is 6.02. The van der Waals surface area contributed by atoms with E-state index in [0.29, 0.717) is 28.2 Å². The molecule has 4 rings (SSSR count). The van der Waals surface area contributed by atoms with Crippen LogP contribution in [-0.4, -0.2) is 10.9 Å². The van der Waals surface area contributed by atoms with Gasteiger partial charge in [0, 0.05) is 28.2 Å². The van der Waals surface area contributed by atoms with Crippen LogP contribution in [0.1, 0.15) is 29.5 Å². The van der Waals surface area contributed by atoms with E-state index in [1.807, 2.05) is 0 Å². The lowest BCUT2D eigenvalue weighted by atomic mass is 9.79. The number of halogens is 2. The van der Waals surface area contributed by atoms with Gasteiger partial charge < -0.3 is 9.84 Å². The predicted octanol–water partition coefficient (Wildman–Crippen LogP) is 5.76. The first-order valence-electron chi connectivity index (χ1n) is 8.72. The number of aliphatic hydroxyl groups excluding tert-OH is 1. The first-order chi connectivity index (χ1) is 13.5. The lowest BCUT2D eigenvalue weighted by molar-refractivity contribution is -0.113. The number of fused-ring (bicyclic) bond motifs is 2. The molecule has 0 fully saturated rings. The summed E-state index contributed by atoms with van der Waals surface area (Å²) < 4.78 is 33.2. The number of ketones is 1. The van der Waals surface area contributed by atoms with E-state index in [0.717, 1.165) is 0 Å². The van der Waals surface area contributed by atoms with E-state index < -0.39 is 17.6 Å². The number of carbonyl (C=O) groups is 1. The predicted molar refractivity (Wildman–Crippen MR) is 101 cm³/mol. The Labute approximate surface area is 160 Å². The molecule has 1 heterocycles. The van der Waals surface area contributed by atoms with Gasteiger partial charge in [-0.25, -0.2) is 8.78 Å². The van der Waals surface area contributed by atoms with Gasteiger partial charge in [-0.3, -0.25) is 4.79 Å². The molecule has 3 nitrogen and oxygen atoms in total. The second-order valence-corrected chi connectivity index (χ2v) is 6.58. The number of allylic oxidation sites excluding steroid dienone is 1. The number of rotatable bonds is 3. The largest absolute Gasteiger partial charge is 0.507 e. The smallest absolute Gasteiger partial charge is 0.160 e.